The fraction of sp³-hybridized carbons (Fsp3) is 0.182. The zero-order valence-corrected chi connectivity index (χ0v) is 26.9. The SMILES string of the molecule is CCC1(CC)c2ccccc2-c2c(N(c3cccc4c3-c3ccccc3C4(C)C)c3cccc4oc5ccccc5c34)cccc21. The van der Waals surface area contributed by atoms with Crippen molar-refractivity contribution in [3.8, 4) is 22.3 Å². The van der Waals surface area contributed by atoms with E-state index in [1.807, 2.05) is 0 Å². The third kappa shape index (κ3) is 3.42. The molecule has 224 valence electrons. The number of rotatable bonds is 5. The van der Waals surface area contributed by atoms with Crippen LogP contribution in [0, 0.1) is 0 Å². The summed E-state index contributed by atoms with van der Waals surface area (Å²) in [5, 5.41) is 2.28. The number of hydrogen-bond donors (Lipinski definition) is 0. The molecule has 9 rings (SSSR count). The third-order valence-electron chi connectivity index (χ3n) is 11.2. The third-order valence-corrected chi connectivity index (χ3v) is 11.2. The zero-order chi connectivity index (χ0) is 31.2. The van der Waals surface area contributed by atoms with Crippen molar-refractivity contribution in [3.63, 3.8) is 0 Å². The zero-order valence-electron chi connectivity index (χ0n) is 26.9. The Labute approximate surface area is 270 Å². The molecule has 0 atom stereocenters. The number of hydrogen-bond acceptors (Lipinski definition) is 2. The highest BCUT2D eigenvalue weighted by Crippen LogP contribution is 2.60. The van der Waals surface area contributed by atoms with Crippen LogP contribution >= 0.6 is 0 Å². The largest absolute Gasteiger partial charge is 0.456 e. The van der Waals surface area contributed by atoms with Crippen molar-refractivity contribution in [2.75, 3.05) is 4.90 Å². The molecule has 0 saturated heterocycles. The Morgan fingerprint density at radius 2 is 1.02 bits per heavy atom. The first-order valence-electron chi connectivity index (χ1n) is 16.7. The molecule has 0 spiro atoms. The summed E-state index contributed by atoms with van der Waals surface area (Å²) in [4.78, 5) is 2.55. The molecule has 0 aliphatic heterocycles. The molecule has 0 unspecified atom stereocenters. The van der Waals surface area contributed by atoms with Crippen LogP contribution in [-0.4, -0.2) is 0 Å². The van der Waals surface area contributed by atoms with Gasteiger partial charge >= 0.3 is 0 Å². The van der Waals surface area contributed by atoms with Crippen molar-refractivity contribution in [3.05, 3.63) is 150 Å². The number of fused-ring (bicyclic) bond motifs is 9. The average molecular weight is 596 g/mol. The van der Waals surface area contributed by atoms with Crippen molar-refractivity contribution >= 4 is 39.0 Å². The highest BCUT2D eigenvalue weighted by atomic mass is 16.3. The monoisotopic (exact) mass is 595 g/mol. The summed E-state index contributed by atoms with van der Waals surface area (Å²) in [6.45, 7) is 9.43. The predicted molar refractivity (Wildman–Crippen MR) is 193 cm³/mol. The van der Waals surface area contributed by atoms with Gasteiger partial charge in [-0.1, -0.05) is 125 Å². The molecule has 0 N–H and O–H groups in total. The first-order valence-corrected chi connectivity index (χ1v) is 16.7. The van der Waals surface area contributed by atoms with Gasteiger partial charge in [0.15, 0.2) is 0 Å². The van der Waals surface area contributed by atoms with Gasteiger partial charge in [0.05, 0.1) is 22.4 Å². The lowest BCUT2D eigenvalue weighted by atomic mass is 9.74. The smallest absolute Gasteiger partial charge is 0.137 e. The van der Waals surface area contributed by atoms with Gasteiger partial charge in [-0.25, -0.2) is 0 Å². The molecule has 1 heterocycles. The van der Waals surface area contributed by atoms with Gasteiger partial charge in [-0.2, -0.15) is 0 Å². The molecule has 1 aromatic heterocycles. The van der Waals surface area contributed by atoms with Crippen molar-refractivity contribution < 1.29 is 4.42 Å². The van der Waals surface area contributed by atoms with Gasteiger partial charge in [-0.05, 0) is 76.6 Å². The predicted octanol–water partition coefficient (Wildman–Crippen LogP) is 12.4. The lowest BCUT2D eigenvalue weighted by molar-refractivity contribution is 0.490. The quantitative estimate of drug-likeness (QED) is 0.197. The summed E-state index contributed by atoms with van der Waals surface area (Å²) >= 11 is 0. The van der Waals surface area contributed by atoms with Crippen molar-refractivity contribution in [2.24, 2.45) is 0 Å². The maximum Gasteiger partial charge on any atom is 0.137 e. The lowest BCUT2D eigenvalue weighted by Crippen LogP contribution is -2.23. The second-order valence-electron chi connectivity index (χ2n) is 13.5. The summed E-state index contributed by atoms with van der Waals surface area (Å²) < 4.78 is 6.49. The van der Waals surface area contributed by atoms with E-state index in [-0.39, 0.29) is 10.8 Å². The Morgan fingerprint density at radius 3 is 1.76 bits per heavy atom. The average Bonchev–Trinajstić information content (AvgIpc) is 3.70. The van der Waals surface area contributed by atoms with E-state index in [1.165, 1.54) is 55.9 Å². The van der Waals surface area contributed by atoms with E-state index in [2.05, 4.69) is 160 Å². The minimum atomic E-state index is -0.104. The molecule has 46 heavy (non-hydrogen) atoms. The van der Waals surface area contributed by atoms with Crippen molar-refractivity contribution in [1.82, 2.24) is 0 Å². The van der Waals surface area contributed by atoms with Crippen molar-refractivity contribution in [2.45, 2.75) is 51.4 Å². The molecule has 2 heteroatoms. The van der Waals surface area contributed by atoms with Gasteiger partial charge in [0.2, 0.25) is 0 Å². The van der Waals surface area contributed by atoms with E-state index in [9.17, 15) is 0 Å². The van der Waals surface area contributed by atoms with Crippen LogP contribution in [0.4, 0.5) is 17.1 Å². The van der Waals surface area contributed by atoms with Gasteiger partial charge in [-0.15, -0.1) is 0 Å². The molecule has 0 radical (unpaired) electrons. The summed E-state index contributed by atoms with van der Waals surface area (Å²) in [7, 11) is 0. The highest BCUT2D eigenvalue weighted by Gasteiger charge is 2.43. The molecule has 0 fully saturated rings. The number of benzene rings is 6. The Kier molecular flexibility index (Phi) is 5.75. The standard InChI is InChI=1S/C44H37NO/c1-5-44(6-2)32-20-11-8-17-29(32)41-34(44)22-14-24-36(41)45(37-25-15-27-39-42(37)30-18-9-12-26-38(30)46-39)35-23-13-21-33-40(35)28-16-7-10-19-31(28)43(33,3)4/h7-27H,5-6H2,1-4H3. The van der Waals surface area contributed by atoms with Crippen LogP contribution < -0.4 is 4.90 Å². The van der Waals surface area contributed by atoms with E-state index >= 15 is 0 Å². The number of nitrogens with zero attached hydrogens (tertiary/aromatic N) is 1. The van der Waals surface area contributed by atoms with Crippen LogP contribution in [0.2, 0.25) is 0 Å². The summed E-state index contributed by atoms with van der Waals surface area (Å²) in [6, 6.07) is 47.0. The van der Waals surface area contributed by atoms with Crippen LogP contribution in [-0.2, 0) is 10.8 Å². The Morgan fingerprint density at radius 1 is 0.500 bits per heavy atom. The molecule has 7 aromatic rings. The van der Waals surface area contributed by atoms with E-state index in [0.717, 1.165) is 40.5 Å². The molecule has 2 aliphatic carbocycles. The maximum absolute atomic E-state index is 6.49. The Hall–Kier alpha value is -5.08. The van der Waals surface area contributed by atoms with Gasteiger partial charge in [0, 0.05) is 27.3 Å². The van der Waals surface area contributed by atoms with E-state index in [1.54, 1.807) is 0 Å². The molecule has 0 bridgehead atoms. The molecule has 2 nitrogen and oxygen atoms in total. The second kappa shape index (κ2) is 9.71. The summed E-state index contributed by atoms with van der Waals surface area (Å²) in [6.07, 6.45) is 2.11. The van der Waals surface area contributed by atoms with Gasteiger partial charge in [0.1, 0.15) is 11.2 Å². The van der Waals surface area contributed by atoms with Gasteiger partial charge in [-0.3, -0.25) is 0 Å². The number of furan rings is 1. The minimum absolute atomic E-state index is 0.0187. The summed E-state index contributed by atoms with van der Waals surface area (Å²) in [5.41, 5.74) is 16.2. The Balaban J connectivity index is 1.44. The highest BCUT2D eigenvalue weighted by molar-refractivity contribution is 6.15. The van der Waals surface area contributed by atoms with Gasteiger partial charge < -0.3 is 9.32 Å². The van der Waals surface area contributed by atoms with Crippen LogP contribution in [0.1, 0.15) is 62.8 Å². The topological polar surface area (TPSA) is 16.4 Å². The van der Waals surface area contributed by atoms with E-state index in [0.29, 0.717) is 0 Å². The fourth-order valence-corrected chi connectivity index (χ4v) is 8.94. The van der Waals surface area contributed by atoms with Crippen LogP contribution in [0.25, 0.3) is 44.2 Å². The molecule has 6 aromatic carbocycles. The summed E-state index contributed by atoms with van der Waals surface area (Å²) in [5.74, 6) is 0. The van der Waals surface area contributed by atoms with Crippen LogP contribution in [0.3, 0.4) is 0 Å². The lowest BCUT2D eigenvalue weighted by Gasteiger charge is -2.32. The van der Waals surface area contributed by atoms with E-state index < -0.39 is 0 Å². The van der Waals surface area contributed by atoms with Crippen molar-refractivity contribution in [1.29, 1.82) is 0 Å². The first-order chi connectivity index (χ1) is 22.5. The first kappa shape index (κ1) is 27.2. The van der Waals surface area contributed by atoms with Crippen LogP contribution in [0.5, 0.6) is 0 Å². The normalized spacial score (nSPS) is 15.0. The van der Waals surface area contributed by atoms with Gasteiger partial charge in [0.25, 0.3) is 0 Å². The molecular formula is C44H37NO. The number of anilines is 3. The molecule has 0 amide bonds. The Bertz CT molecular complexity index is 2330. The molecular weight excluding hydrogens is 558 g/mol. The minimum Gasteiger partial charge on any atom is -0.456 e. The number of para-hydroxylation sites is 1. The molecule has 0 saturated carbocycles. The maximum atomic E-state index is 6.49. The molecule has 2 aliphatic rings. The fourth-order valence-electron chi connectivity index (χ4n) is 8.94. The second-order valence-corrected chi connectivity index (χ2v) is 13.5. The van der Waals surface area contributed by atoms with E-state index in [4.69, 9.17) is 4.42 Å². The van der Waals surface area contributed by atoms with Crippen LogP contribution in [0.15, 0.2) is 132 Å².